The Morgan fingerprint density at radius 3 is 2.67 bits per heavy atom. The van der Waals surface area contributed by atoms with Gasteiger partial charge in [0.05, 0.1) is 11.7 Å². The van der Waals surface area contributed by atoms with Gasteiger partial charge in [-0.25, -0.2) is 4.39 Å². The maximum Gasteiger partial charge on any atom is 0.124 e. The Morgan fingerprint density at radius 1 is 1.43 bits per heavy atom. The lowest BCUT2D eigenvalue weighted by Gasteiger charge is -2.42. The van der Waals surface area contributed by atoms with Gasteiger partial charge < -0.3 is 9.84 Å². The van der Waals surface area contributed by atoms with Crippen molar-refractivity contribution in [3.8, 4) is 0 Å². The summed E-state index contributed by atoms with van der Waals surface area (Å²) in [4.78, 5) is 0. The minimum atomic E-state index is -0.618. The highest BCUT2D eigenvalue weighted by atomic mass is 35.5. The summed E-state index contributed by atoms with van der Waals surface area (Å²) in [7, 11) is 0. The van der Waals surface area contributed by atoms with Gasteiger partial charge in [-0.15, -0.1) is 0 Å². The van der Waals surface area contributed by atoms with Gasteiger partial charge in [-0.3, -0.25) is 0 Å². The first-order valence-corrected chi connectivity index (χ1v) is 8.10. The summed E-state index contributed by atoms with van der Waals surface area (Å²) >= 11 is 6.07. The monoisotopic (exact) mass is 314 g/mol. The van der Waals surface area contributed by atoms with Crippen LogP contribution in [0.1, 0.15) is 45.1 Å². The third kappa shape index (κ3) is 3.97. The number of halogens is 2. The average molecular weight is 315 g/mol. The van der Waals surface area contributed by atoms with Crippen LogP contribution in [0.4, 0.5) is 4.39 Å². The molecule has 2 rings (SSSR count). The van der Waals surface area contributed by atoms with Crippen LogP contribution in [0, 0.1) is 11.7 Å². The molecule has 1 aromatic rings. The van der Waals surface area contributed by atoms with Gasteiger partial charge in [-0.05, 0) is 56.2 Å². The van der Waals surface area contributed by atoms with Gasteiger partial charge in [0, 0.05) is 18.1 Å². The molecule has 0 heterocycles. The lowest BCUT2D eigenvalue weighted by atomic mass is 9.75. The lowest BCUT2D eigenvalue weighted by Crippen LogP contribution is -2.48. The third-order valence-corrected chi connectivity index (χ3v) is 4.94. The Morgan fingerprint density at radius 2 is 2.10 bits per heavy atom. The van der Waals surface area contributed by atoms with E-state index >= 15 is 0 Å². The van der Waals surface area contributed by atoms with Crippen LogP contribution in [0.15, 0.2) is 18.2 Å². The Labute approximate surface area is 131 Å². The van der Waals surface area contributed by atoms with E-state index in [1.807, 2.05) is 6.92 Å². The lowest BCUT2D eigenvalue weighted by molar-refractivity contribution is -0.143. The fourth-order valence-electron chi connectivity index (χ4n) is 3.19. The summed E-state index contributed by atoms with van der Waals surface area (Å²) in [5.74, 6) is 0.324. The largest absolute Gasteiger partial charge is 0.390 e. The number of hydrogen-bond acceptors (Lipinski definition) is 2. The smallest absolute Gasteiger partial charge is 0.124 e. The fraction of sp³-hybridized carbons (Fsp3) is 0.647. The highest BCUT2D eigenvalue weighted by Gasteiger charge is 2.41. The summed E-state index contributed by atoms with van der Waals surface area (Å²) in [6.45, 7) is 4.78. The van der Waals surface area contributed by atoms with Crippen molar-refractivity contribution >= 4 is 11.6 Å². The molecular weight excluding hydrogens is 291 g/mol. The summed E-state index contributed by atoms with van der Waals surface area (Å²) in [5.41, 5.74) is 0.280. The number of aliphatic hydroxyl groups excluding tert-OH is 1. The molecule has 0 spiro atoms. The second-order valence-electron chi connectivity index (χ2n) is 6.14. The topological polar surface area (TPSA) is 29.5 Å². The standard InChI is InChI=1S/C17H24ClFO2/c1-3-21-17(8-6-12(2)7-9-17)16(20)10-13-4-5-14(19)11-15(13)18/h4-5,11-12,16,20H,3,6-10H2,1-2H3. The molecule has 1 atom stereocenters. The van der Waals surface area contributed by atoms with Gasteiger partial charge in [-0.2, -0.15) is 0 Å². The molecule has 4 heteroatoms. The van der Waals surface area contributed by atoms with Gasteiger partial charge in [0.15, 0.2) is 0 Å². The summed E-state index contributed by atoms with van der Waals surface area (Å²) < 4.78 is 19.1. The molecule has 0 amide bonds. The number of hydrogen-bond donors (Lipinski definition) is 1. The van der Waals surface area contributed by atoms with Gasteiger partial charge in [0.25, 0.3) is 0 Å². The summed E-state index contributed by atoms with van der Waals surface area (Å²) in [6.07, 6.45) is 3.63. The molecule has 2 nitrogen and oxygen atoms in total. The van der Waals surface area contributed by atoms with Gasteiger partial charge in [-0.1, -0.05) is 24.6 Å². The first-order valence-electron chi connectivity index (χ1n) is 7.73. The fourth-order valence-corrected chi connectivity index (χ4v) is 3.44. The summed E-state index contributed by atoms with van der Waals surface area (Å²) in [6, 6.07) is 4.32. The number of benzene rings is 1. The van der Waals surface area contributed by atoms with E-state index in [1.165, 1.54) is 12.1 Å². The first kappa shape index (κ1) is 16.7. The molecule has 1 aromatic carbocycles. The van der Waals surface area contributed by atoms with Crippen molar-refractivity contribution in [2.45, 2.75) is 57.7 Å². The minimum Gasteiger partial charge on any atom is -0.390 e. The van der Waals surface area contributed by atoms with Crippen LogP contribution in [0.2, 0.25) is 5.02 Å². The van der Waals surface area contributed by atoms with Crippen LogP contribution in [-0.4, -0.2) is 23.4 Å². The molecule has 1 saturated carbocycles. The Balaban J connectivity index is 2.13. The van der Waals surface area contributed by atoms with Crippen LogP contribution in [0.25, 0.3) is 0 Å². The first-order chi connectivity index (χ1) is 9.97. The van der Waals surface area contributed by atoms with Crippen molar-refractivity contribution in [1.29, 1.82) is 0 Å². The van der Waals surface area contributed by atoms with E-state index in [-0.39, 0.29) is 5.82 Å². The zero-order chi connectivity index (χ0) is 15.5. The summed E-state index contributed by atoms with van der Waals surface area (Å²) in [5, 5.41) is 11.1. The van der Waals surface area contributed by atoms with Crippen molar-refractivity contribution in [1.82, 2.24) is 0 Å². The van der Waals surface area contributed by atoms with Crippen molar-refractivity contribution in [3.05, 3.63) is 34.6 Å². The maximum atomic E-state index is 13.1. The molecule has 1 N–H and O–H groups in total. The molecule has 0 bridgehead atoms. The average Bonchev–Trinajstić information content (AvgIpc) is 2.45. The van der Waals surface area contributed by atoms with Crippen LogP contribution in [0.5, 0.6) is 0 Å². The zero-order valence-electron chi connectivity index (χ0n) is 12.7. The van der Waals surface area contributed by atoms with Crippen molar-refractivity contribution < 1.29 is 14.2 Å². The Bertz CT molecular complexity index is 470. The second kappa shape index (κ2) is 7.08. The number of rotatable bonds is 5. The van der Waals surface area contributed by atoms with Crippen LogP contribution in [-0.2, 0) is 11.2 Å². The number of aliphatic hydroxyl groups is 1. The normalized spacial score (nSPS) is 27.6. The molecule has 0 saturated heterocycles. The van der Waals surface area contributed by atoms with Crippen LogP contribution >= 0.6 is 11.6 Å². The van der Waals surface area contributed by atoms with E-state index in [2.05, 4.69) is 6.92 Å². The highest BCUT2D eigenvalue weighted by Crippen LogP contribution is 2.38. The molecule has 0 aliphatic heterocycles. The maximum absolute atomic E-state index is 13.1. The highest BCUT2D eigenvalue weighted by molar-refractivity contribution is 6.31. The SMILES string of the molecule is CCOC1(C(O)Cc2ccc(F)cc2Cl)CCC(C)CC1. The molecule has 0 aromatic heterocycles. The predicted molar refractivity (Wildman–Crippen MR) is 83.1 cm³/mol. The molecule has 1 aliphatic rings. The van der Waals surface area contributed by atoms with Crippen LogP contribution in [0.3, 0.4) is 0 Å². The van der Waals surface area contributed by atoms with E-state index in [0.717, 1.165) is 31.2 Å². The van der Waals surface area contributed by atoms with Crippen molar-refractivity contribution in [2.24, 2.45) is 5.92 Å². The van der Waals surface area contributed by atoms with Crippen molar-refractivity contribution in [2.75, 3.05) is 6.61 Å². The Hall–Kier alpha value is -0.640. The van der Waals surface area contributed by atoms with Gasteiger partial charge in [0.2, 0.25) is 0 Å². The molecule has 0 radical (unpaired) electrons. The quantitative estimate of drug-likeness (QED) is 0.874. The molecule has 1 fully saturated rings. The zero-order valence-corrected chi connectivity index (χ0v) is 13.5. The van der Waals surface area contributed by atoms with E-state index < -0.39 is 11.7 Å². The molecule has 1 aliphatic carbocycles. The van der Waals surface area contributed by atoms with E-state index in [0.29, 0.717) is 24.0 Å². The molecule has 118 valence electrons. The number of ether oxygens (including phenoxy) is 1. The van der Waals surface area contributed by atoms with Crippen molar-refractivity contribution in [3.63, 3.8) is 0 Å². The van der Waals surface area contributed by atoms with Crippen LogP contribution < -0.4 is 0 Å². The second-order valence-corrected chi connectivity index (χ2v) is 6.54. The Kier molecular flexibility index (Phi) is 5.64. The molecule has 21 heavy (non-hydrogen) atoms. The predicted octanol–water partition coefficient (Wildman–Crippen LogP) is 4.37. The van der Waals surface area contributed by atoms with E-state index in [1.54, 1.807) is 6.07 Å². The van der Waals surface area contributed by atoms with Gasteiger partial charge >= 0.3 is 0 Å². The third-order valence-electron chi connectivity index (χ3n) is 4.59. The van der Waals surface area contributed by atoms with E-state index in [4.69, 9.17) is 16.3 Å². The van der Waals surface area contributed by atoms with E-state index in [9.17, 15) is 9.50 Å². The molecule has 1 unspecified atom stereocenters. The minimum absolute atomic E-state index is 0.357. The molecular formula is C17H24ClFO2. The van der Waals surface area contributed by atoms with Gasteiger partial charge in [0.1, 0.15) is 5.82 Å².